The molecule has 1 N–H and O–H groups in total. The van der Waals surface area contributed by atoms with Crippen molar-refractivity contribution in [2.45, 2.75) is 296 Å². The minimum Gasteiger partial charge on any atom is -0.756 e. The predicted molar refractivity (Wildman–Crippen MR) is 316 cm³/mol. The first-order chi connectivity index (χ1) is 35.9. The Labute approximate surface area is 458 Å². The molecule has 0 aliphatic rings. The Kier molecular flexibility index (Phi) is 52.4. The van der Waals surface area contributed by atoms with Crippen LogP contribution in [-0.4, -0.2) is 69.4 Å². The van der Waals surface area contributed by atoms with Crippen LogP contribution in [0.3, 0.4) is 0 Å². The molecule has 0 aromatic carbocycles. The molecule has 0 aromatic heterocycles. The fourth-order valence-electron chi connectivity index (χ4n) is 8.86. The Morgan fingerprint density at radius 2 is 0.824 bits per heavy atom. The van der Waals surface area contributed by atoms with Gasteiger partial charge >= 0.3 is 5.97 Å². The maximum atomic E-state index is 13.5. The van der Waals surface area contributed by atoms with Gasteiger partial charge < -0.3 is 28.5 Å². The van der Waals surface area contributed by atoms with E-state index in [1.54, 1.807) is 0 Å². The lowest BCUT2D eigenvalue weighted by molar-refractivity contribution is -0.870. The summed E-state index contributed by atoms with van der Waals surface area (Å²) in [7, 11) is 1.17. The molecule has 3 atom stereocenters. The minimum atomic E-state index is -4.70. The second-order valence-electron chi connectivity index (χ2n) is 22.2. The molecule has 0 aliphatic heterocycles. The number of nitrogens with zero attached hydrogens (tertiary/aromatic N) is 1. The number of unbranched alkanes of at least 4 members (excludes halogenated alkanes) is 32. The number of rotatable bonds is 56. The normalized spacial score (nSPS) is 14.1. The van der Waals surface area contributed by atoms with Crippen molar-refractivity contribution in [2.75, 3.05) is 40.9 Å². The molecule has 10 heteroatoms. The van der Waals surface area contributed by atoms with Crippen molar-refractivity contribution in [1.82, 2.24) is 5.32 Å². The van der Waals surface area contributed by atoms with Gasteiger partial charge in [0.2, 0.25) is 5.91 Å². The Morgan fingerprint density at radius 3 is 1.26 bits per heavy atom. The third-order valence-corrected chi connectivity index (χ3v) is 14.7. The van der Waals surface area contributed by atoms with E-state index in [2.05, 4.69) is 74.7 Å². The van der Waals surface area contributed by atoms with Crippen LogP contribution in [0.15, 0.2) is 60.8 Å². The summed E-state index contributed by atoms with van der Waals surface area (Å²) in [5.41, 5.74) is 0. The average Bonchev–Trinajstić information content (AvgIpc) is 3.36. The van der Waals surface area contributed by atoms with E-state index in [9.17, 15) is 19.0 Å². The van der Waals surface area contributed by atoms with Gasteiger partial charge in [0.05, 0.1) is 33.8 Å². The van der Waals surface area contributed by atoms with Crippen molar-refractivity contribution in [3.05, 3.63) is 60.8 Å². The van der Waals surface area contributed by atoms with Gasteiger partial charge in [-0.15, -0.1) is 0 Å². The molecule has 3 unspecified atom stereocenters. The first-order valence-corrected chi connectivity index (χ1v) is 32.6. The second-order valence-corrected chi connectivity index (χ2v) is 23.6. The number of hydrogen-bond donors (Lipinski definition) is 1. The zero-order valence-electron chi connectivity index (χ0n) is 49.3. The van der Waals surface area contributed by atoms with Gasteiger partial charge in [-0.05, 0) is 76.7 Å². The lowest BCUT2D eigenvalue weighted by Crippen LogP contribution is -2.47. The number of hydrogen-bond acceptors (Lipinski definition) is 7. The Morgan fingerprint density at radius 1 is 0.473 bits per heavy atom. The molecule has 74 heavy (non-hydrogen) atoms. The molecule has 9 nitrogen and oxygen atoms in total. The highest BCUT2D eigenvalue weighted by atomic mass is 31.2. The van der Waals surface area contributed by atoms with Crippen LogP contribution in [0.25, 0.3) is 0 Å². The standard InChI is InChI=1S/C64H119N2O7P/c1-7-10-13-16-19-22-25-28-30-31-32-33-34-35-37-38-41-44-47-50-53-56-63(67)65-61(60-72-74(69,70)71-59-58-66(4,5)6)62(55-52-49-46-43-40-27-24-21-18-15-12-9-3)73-64(68)57-54-51-48-45-42-39-36-29-26-23-20-17-14-11-8-2/h19,22,28,30,32-33,35,37,52,55,61-62H,7-18,20-21,23-27,29,31,34,36,38-51,53-54,56-60H2,1-6H3,(H-,65,67,69,70)/b22-19-,30-28-,33-32-,37-35-,55-52-. The molecule has 0 heterocycles. The van der Waals surface area contributed by atoms with E-state index >= 15 is 0 Å². The van der Waals surface area contributed by atoms with Crippen LogP contribution in [0.5, 0.6) is 0 Å². The smallest absolute Gasteiger partial charge is 0.306 e. The van der Waals surface area contributed by atoms with E-state index in [0.717, 1.165) is 96.3 Å². The first kappa shape index (κ1) is 71.7. The number of phosphoric acid groups is 1. The van der Waals surface area contributed by atoms with Gasteiger partial charge in [-0.25, -0.2) is 0 Å². The van der Waals surface area contributed by atoms with Crippen LogP contribution in [0.2, 0.25) is 0 Å². The number of likely N-dealkylation sites (N-methyl/N-ethyl adjacent to an activating group) is 1. The van der Waals surface area contributed by atoms with Crippen molar-refractivity contribution in [3.63, 3.8) is 0 Å². The molecular formula is C64H119N2O7P. The van der Waals surface area contributed by atoms with Crippen molar-refractivity contribution >= 4 is 19.7 Å². The van der Waals surface area contributed by atoms with Crippen LogP contribution >= 0.6 is 7.82 Å². The molecule has 0 saturated heterocycles. The molecule has 432 valence electrons. The average molecular weight is 1060 g/mol. The van der Waals surface area contributed by atoms with Crippen molar-refractivity contribution in [3.8, 4) is 0 Å². The molecular weight excluding hydrogens is 940 g/mol. The molecule has 0 aromatic rings. The van der Waals surface area contributed by atoms with E-state index in [1.807, 2.05) is 33.3 Å². The largest absolute Gasteiger partial charge is 0.756 e. The fraction of sp³-hybridized carbons (Fsp3) is 0.812. The van der Waals surface area contributed by atoms with Crippen LogP contribution in [0.4, 0.5) is 0 Å². The minimum absolute atomic E-state index is 0.0265. The van der Waals surface area contributed by atoms with E-state index in [0.29, 0.717) is 17.4 Å². The van der Waals surface area contributed by atoms with Gasteiger partial charge in [0.25, 0.3) is 7.82 Å². The summed E-state index contributed by atoms with van der Waals surface area (Å²) in [5, 5.41) is 3.02. The lowest BCUT2D eigenvalue weighted by atomic mass is 10.0. The van der Waals surface area contributed by atoms with E-state index < -0.39 is 26.6 Å². The number of quaternary nitrogens is 1. The summed E-state index contributed by atoms with van der Waals surface area (Å²) in [6.07, 6.45) is 67.5. The predicted octanol–water partition coefficient (Wildman–Crippen LogP) is 18.4. The molecule has 0 bridgehead atoms. The van der Waals surface area contributed by atoms with Gasteiger partial charge in [0.15, 0.2) is 0 Å². The third kappa shape index (κ3) is 54.5. The van der Waals surface area contributed by atoms with Gasteiger partial charge in [0, 0.05) is 12.8 Å². The molecule has 0 saturated carbocycles. The number of nitrogens with one attached hydrogen (secondary N) is 1. The maximum Gasteiger partial charge on any atom is 0.306 e. The molecule has 0 radical (unpaired) electrons. The van der Waals surface area contributed by atoms with Gasteiger partial charge in [-0.1, -0.05) is 255 Å². The van der Waals surface area contributed by atoms with Crippen molar-refractivity contribution in [1.29, 1.82) is 0 Å². The summed E-state index contributed by atoms with van der Waals surface area (Å²) in [5.74, 6) is -0.555. The SMILES string of the molecule is CCCCC/C=C\C/C=C\C/C=C\C/C=C\CCCCCCCC(=O)NC(COP(=O)([O-])OCC[N+](C)(C)C)C(/C=C\CCCCCCCCCCCC)OC(=O)CCCCCCCCCCCCCCCCC. The molecule has 1 amide bonds. The third-order valence-electron chi connectivity index (χ3n) is 13.7. The van der Waals surface area contributed by atoms with Crippen LogP contribution in [0.1, 0.15) is 284 Å². The van der Waals surface area contributed by atoms with Crippen molar-refractivity contribution in [2.24, 2.45) is 0 Å². The number of phosphoric ester groups is 1. The highest BCUT2D eigenvalue weighted by Gasteiger charge is 2.27. The first-order valence-electron chi connectivity index (χ1n) is 31.1. The summed E-state index contributed by atoms with van der Waals surface area (Å²) in [6.45, 7) is 6.82. The molecule has 0 aliphatic carbocycles. The summed E-state index contributed by atoms with van der Waals surface area (Å²) in [4.78, 5) is 40.0. The molecule has 0 spiro atoms. The molecule has 0 fully saturated rings. The Bertz CT molecular complexity index is 1450. The number of esters is 1. The number of ether oxygens (including phenoxy) is 1. The van der Waals surface area contributed by atoms with Gasteiger partial charge in [-0.2, -0.15) is 0 Å². The van der Waals surface area contributed by atoms with Gasteiger partial charge in [-0.3, -0.25) is 14.2 Å². The lowest BCUT2D eigenvalue weighted by Gasteiger charge is -2.30. The number of carbonyl (C=O) groups excluding carboxylic acids is 2. The van der Waals surface area contributed by atoms with E-state index in [-0.39, 0.29) is 24.9 Å². The maximum absolute atomic E-state index is 13.5. The van der Waals surface area contributed by atoms with E-state index in [4.69, 9.17) is 13.8 Å². The Balaban J connectivity index is 5.28. The van der Waals surface area contributed by atoms with Crippen LogP contribution in [0, 0.1) is 0 Å². The number of carbonyl (C=O) groups is 2. The highest BCUT2D eigenvalue weighted by molar-refractivity contribution is 7.45. The Hall–Kier alpha value is -2.29. The topological polar surface area (TPSA) is 114 Å². The molecule has 0 rings (SSSR count). The van der Waals surface area contributed by atoms with Crippen molar-refractivity contribution < 1.29 is 37.3 Å². The number of allylic oxidation sites excluding steroid dienone is 9. The fourth-order valence-corrected chi connectivity index (χ4v) is 9.58. The summed E-state index contributed by atoms with van der Waals surface area (Å²) >= 11 is 0. The number of amides is 1. The van der Waals surface area contributed by atoms with E-state index in [1.165, 1.54) is 154 Å². The van der Waals surface area contributed by atoms with Gasteiger partial charge in [0.1, 0.15) is 19.3 Å². The highest BCUT2D eigenvalue weighted by Crippen LogP contribution is 2.38. The zero-order valence-corrected chi connectivity index (χ0v) is 50.2. The quantitative estimate of drug-likeness (QED) is 0.0212. The summed E-state index contributed by atoms with van der Waals surface area (Å²) < 4.78 is 30.3. The van der Waals surface area contributed by atoms with Crippen LogP contribution < -0.4 is 10.2 Å². The monoisotopic (exact) mass is 1060 g/mol. The summed E-state index contributed by atoms with van der Waals surface area (Å²) in [6, 6.07) is -0.897. The zero-order chi connectivity index (χ0) is 54.3. The second kappa shape index (κ2) is 54.1. The van der Waals surface area contributed by atoms with Crippen LogP contribution in [-0.2, 0) is 27.9 Å².